The number of esters is 1. The molecule has 1 aromatic carbocycles. The van der Waals surface area contributed by atoms with Gasteiger partial charge >= 0.3 is 12.1 Å². The summed E-state index contributed by atoms with van der Waals surface area (Å²) >= 11 is 0. The number of ether oxygens (including phenoxy) is 2. The summed E-state index contributed by atoms with van der Waals surface area (Å²) in [5.41, 5.74) is 1.13. The van der Waals surface area contributed by atoms with Crippen molar-refractivity contribution in [3.8, 4) is 0 Å². The molecule has 0 atom stereocenters. The zero-order valence-electron chi connectivity index (χ0n) is 10.8. The van der Waals surface area contributed by atoms with Crippen molar-refractivity contribution >= 4 is 18.0 Å². The van der Waals surface area contributed by atoms with Gasteiger partial charge in [0, 0.05) is 0 Å². The molecule has 102 valence electrons. The van der Waals surface area contributed by atoms with Crippen LogP contribution in [0, 0.1) is 6.92 Å². The number of carbonyl (C=O) groups is 3. The molecule has 0 spiro atoms. The van der Waals surface area contributed by atoms with E-state index >= 15 is 0 Å². The van der Waals surface area contributed by atoms with Gasteiger partial charge in [0.2, 0.25) is 0 Å². The lowest BCUT2D eigenvalue weighted by Crippen LogP contribution is -2.34. The van der Waals surface area contributed by atoms with Crippen molar-refractivity contribution in [2.24, 2.45) is 0 Å². The Morgan fingerprint density at radius 3 is 2.47 bits per heavy atom. The van der Waals surface area contributed by atoms with E-state index in [4.69, 9.17) is 4.74 Å². The van der Waals surface area contributed by atoms with Crippen molar-refractivity contribution < 1.29 is 23.9 Å². The molecule has 1 rings (SSSR count). The van der Waals surface area contributed by atoms with E-state index in [2.05, 4.69) is 4.74 Å². The lowest BCUT2D eigenvalue weighted by molar-refractivity contribution is -0.123. The van der Waals surface area contributed by atoms with E-state index in [0.717, 1.165) is 5.56 Å². The fourth-order valence-corrected chi connectivity index (χ4v) is 1.33. The number of hydrogen-bond donors (Lipinski definition) is 1. The lowest BCUT2D eigenvalue weighted by atomic mass is 10.1. The summed E-state index contributed by atoms with van der Waals surface area (Å²) in [6.45, 7) is 2.99. The van der Waals surface area contributed by atoms with Gasteiger partial charge in [0.1, 0.15) is 0 Å². The molecule has 1 N–H and O–H groups in total. The molecule has 1 aromatic rings. The zero-order valence-corrected chi connectivity index (χ0v) is 10.8. The largest absolute Gasteiger partial charge is 0.452 e. The van der Waals surface area contributed by atoms with Crippen LogP contribution < -0.4 is 5.32 Å². The summed E-state index contributed by atoms with van der Waals surface area (Å²) in [5, 5.41) is 1.92. The molecular weight excluding hydrogens is 250 g/mol. The zero-order chi connectivity index (χ0) is 14.3. The summed E-state index contributed by atoms with van der Waals surface area (Å²) in [7, 11) is 0. The van der Waals surface area contributed by atoms with Gasteiger partial charge in [0.25, 0.3) is 5.91 Å². The second-order valence-electron chi connectivity index (χ2n) is 3.66. The molecule has 0 fully saturated rings. The van der Waals surface area contributed by atoms with Crippen LogP contribution in [0.1, 0.15) is 22.8 Å². The van der Waals surface area contributed by atoms with Crippen molar-refractivity contribution in [2.75, 3.05) is 13.2 Å². The van der Waals surface area contributed by atoms with Crippen LogP contribution in [0.2, 0.25) is 0 Å². The highest BCUT2D eigenvalue weighted by molar-refractivity contribution is 5.95. The third kappa shape index (κ3) is 4.79. The number of benzene rings is 1. The molecule has 0 saturated carbocycles. The maximum atomic E-state index is 11.7. The van der Waals surface area contributed by atoms with Gasteiger partial charge in [0.15, 0.2) is 6.61 Å². The van der Waals surface area contributed by atoms with E-state index in [-0.39, 0.29) is 6.61 Å². The van der Waals surface area contributed by atoms with Crippen LogP contribution >= 0.6 is 0 Å². The molecule has 0 aliphatic rings. The van der Waals surface area contributed by atoms with Crippen molar-refractivity contribution in [1.82, 2.24) is 5.32 Å². The fraction of sp³-hybridized carbons (Fsp3) is 0.308. The number of nitrogens with one attached hydrogen (secondary N) is 1. The van der Waals surface area contributed by atoms with Gasteiger partial charge in [-0.05, 0) is 25.5 Å². The Morgan fingerprint density at radius 1 is 1.16 bits per heavy atom. The van der Waals surface area contributed by atoms with Crippen molar-refractivity contribution in [1.29, 1.82) is 0 Å². The molecule has 0 unspecified atom stereocenters. The average Bonchev–Trinajstić information content (AvgIpc) is 2.36. The summed E-state index contributed by atoms with van der Waals surface area (Å²) in [4.78, 5) is 33.9. The van der Waals surface area contributed by atoms with Gasteiger partial charge in [-0.15, -0.1) is 0 Å². The summed E-state index contributed by atoms with van der Waals surface area (Å²) in [5.74, 6) is -1.35. The molecule has 0 heterocycles. The molecule has 6 heteroatoms. The molecule has 19 heavy (non-hydrogen) atoms. The summed E-state index contributed by atoms with van der Waals surface area (Å²) in [6, 6.07) is 6.85. The number of alkyl carbamates (subject to hydrolysis) is 1. The molecule has 0 aromatic heterocycles. The molecule has 0 bridgehead atoms. The Hall–Kier alpha value is -2.37. The quantitative estimate of drug-likeness (QED) is 0.833. The van der Waals surface area contributed by atoms with Crippen molar-refractivity contribution in [3.63, 3.8) is 0 Å². The predicted octanol–water partition coefficient (Wildman–Crippen LogP) is 1.42. The Balaban J connectivity index is 2.45. The monoisotopic (exact) mass is 265 g/mol. The molecule has 0 aliphatic carbocycles. The van der Waals surface area contributed by atoms with Gasteiger partial charge in [-0.25, -0.2) is 9.59 Å². The number of carbonyl (C=O) groups excluding carboxylic acids is 3. The van der Waals surface area contributed by atoms with E-state index in [1.807, 2.05) is 5.32 Å². The van der Waals surface area contributed by atoms with Crippen LogP contribution in [0.25, 0.3) is 0 Å². The highest BCUT2D eigenvalue weighted by atomic mass is 16.6. The Bertz CT molecular complexity index is 484. The average molecular weight is 265 g/mol. The van der Waals surface area contributed by atoms with Crippen molar-refractivity contribution in [2.45, 2.75) is 13.8 Å². The van der Waals surface area contributed by atoms with E-state index in [1.54, 1.807) is 38.1 Å². The molecular formula is C13H15NO5. The highest BCUT2D eigenvalue weighted by Gasteiger charge is 2.13. The second-order valence-corrected chi connectivity index (χ2v) is 3.66. The van der Waals surface area contributed by atoms with Gasteiger partial charge < -0.3 is 9.47 Å². The second kappa shape index (κ2) is 7.15. The normalized spacial score (nSPS) is 9.58. The van der Waals surface area contributed by atoms with Gasteiger partial charge in [-0.3, -0.25) is 10.1 Å². The number of rotatable bonds is 4. The Labute approximate surface area is 110 Å². The predicted molar refractivity (Wildman–Crippen MR) is 66.6 cm³/mol. The topological polar surface area (TPSA) is 81.7 Å². The van der Waals surface area contributed by atoms with Crippen LogP contribution in [-0.4, -0.2) is 31.2 Å². The Kier molecular flexibility index (Phi) is 5.53. The summed E-state index contributed by atoms with van der Waals surface area (Å²) < 4.78 is 9.30. The van der Waals surface area contributed by atoms with Gasteiger partial charge in [0.05, 0.1) is 12.2 Å². The van der Waals surface area contributed by atoms with Crippen LogP contribution in [0.5, 0.6) is 0 Å². The minimum atomic E-state index is -0.862. The maximum Gasteiger partial charge on any atom is 0.413 e. The molecule has 0 aliphatic heterocycles. The smallest absolute Gasteiger partial charge is 0.413 e. The van der Waals surface area contributed by atoms with Crippen LogP contribution in [0.4, 0.5) is 4.79 Å². The number of imide groups is 1. The Morgan fingerprint density at radius 2 is 1.84 bits per heavy atom. The molecule has 6 nitrogen and oxygen atoms in total. The van der Waals surface area contributed by atoms with E-state index < -0.39 is 24.6 Å². The van der Waals surface area contributed by atoms with Crippen molar-refractivity contribution in [3.05, 3.63) is 35.4 Å². The third-order valence-corrected chi connectivity index (χ3v) is 2.22. The number of hydrogen-bond acceptors (Lipinski definition) is 5. The van der Waals surface area contributed by atoms with Crippen LogP contribution in [0.3, 0.4) is 0 Å². The number of aryl methyl sites for hydroxylation is 1. The van der Waals surface area contributed by atoms with Crippen LogP contribution in [-0.2, 0) is 14.3 Å². The first-order chi connectivity index (χ1) is 9.04. The van der Waals surface area contributed by atoms with E-state index in [0.29, 0.717) is 5.56 Å². The lowest BCUT2D eigenvalue weighted by Gasteiger charge is -2.07. The minimum Gasteiger partial charge on any atom is -0.452 e. The first-order valence-electron chi connectivity index (χ1n) is 5.74. The number of amides is 2. The molecule has 0 radical (unpaired) electrons. The van der Waals surface area contributed by atoms with Gasteiger partial charge in [-0.1, -0.05) is 18.2 Å². The molecule has 2 amide bonds. The van der Waals surface area contributed by atoms with Crippen LogP contribution in [0.15, 0.2) is 24.3 Å². The standard InChI is InChI=1S/C13H15NO5/c1-3-18-13(17)14-11(15)8-19-12(16)10-7-5-4-6-9(10)2/h4-7H,3,8H2,1-2H3,(H,14,15,17). The molecule has 0 saturated heterocycles. The summed E-state index contributed by atoms with van der Waals surface area (Å²) in [6.07, 6.45) is -0.862. The SMILES string of the molecule is CCOC(=O)NC(=O)COC(=O)c1ccccc1C. The fourth-order valence-electron chi connectivity index (χ4n) is 1.33. The maximum absolute atomic E-state index is 11.7. The first-order valence-corrected chi connectivity index (χ1v) is 5.74. The minimum absolute atomic E-state index is 0.155. The van der Waals surface area contributed by atoms with Gasteiger partial charge in [-0.2, -0.15) is 0 Å². The highest BCUT2D eigenvalue weighted by Crippen LogP contribution is 2.08. The van der Waals surface area contributed by atoms with E-state index in [9.17, 15) is 14.4 Å². The first kappa shape index (κ1) is 14.7. The van der Waals surface area contributed by atoms with E-state index in [1.165, 1.54) is 0 Å². The third-order valence-electron chi connectivity index (χ3n) is 2.22.